The summed E-state index contributed by atoms with van der Waals surface area (Å²) in [6, 6.07) is 12.2. The molecular weight excluding hydrogens is 571 g/mol. The fourth-order valence-corrected chi connectivity index (χ4v) is 6.83. The molecule has 11 heteroatoms. The predicted molar refractivity (Wildman–Crippen MR) is 153 cm³/mol. The number of alkyl halides is 3. The van der Waals surface area contributed by atoms with Crippen LogP contribution in [-0.2, 0) is 15.1 Å². The summed E-state index contributed by atoms with van der Waals surface area (Å²) in [5.41, 5.74) is -2.61. The van der Waals surface area contributed by atoms with Crippen molar-refractivity contribution in [2.24, 2.45) is 11.8 Å². The van der Waals surface area contributed by atoms with Crippen LogP contribution >= 0.6 is 11.6 Å². The molecule has 2 aromatic carbocycles. The number of hydrogen-bond acceptors (Lipinski definition) is 5. The van der Waals surface area contributed by atoms with Crippen molar-refractivity contribution in [3.8, 4) is 0 Å². The lowest BCUT2D eigenvalue weighted by molar-refractivity contribution is -0.262. The van der Waals surface area contributed by atoms with Crippen LogP contribution in [-0.4, -0.2) is 85.4 Å². The maximum atomic E-state index is 14.0. The van der Waals surface area contributed by atoms with Gasteiger partial charge in [0.15, 0.2) is 0 Å². The maximum absolute atomic E-state index is 14.0. The zero-order valence-corrected chi connectivity index (χ0v) is 24.4. The van der Waals surface area contributed by atoms with Gasteiger partial charge in [-0.15, -0.1) is 0 Å². The fourth-order valence-electron chi connectivity index (χ4n) is 6.58. The van der Waals surface area contributed by atoms with Gasteiger partial charge in [0, 0.05) is 51.1 Å². The zero-order chi connectivity index (χ0) is 30.1. The number of aliphatic hydroxyl groups is 1. The van der Waals surface area contributed by atoms with Crippen LogP contribution in [0.3, 0.4) is 0 Å². The monoisotopic (exact) mass is 607 g/mol. The average Bonchev–Trinajstić information content (AvgIpc) is 3.55. The lowest BCUT2D eigenvalue weighted by Crippen LogP contribution is -2.57. The number of benzene rings is 2. The van der Waals surface area contributed by atoms with Gasteiger partial charge in [-0.3, -0.25) is 9.59 Å². The second kappa shape index (κ2) is 12.4. The van der Waals surface area contributed by atoms with E-state index >= 15 is 0 Å². The summed E-state index contributed by atoms with van der Waals surface area (Å²) in [7, 11) is 1.77. The third kappa shape index (κ3) is 5.98. The first kappa shape index (κ1) is 30.6. The third-order valence-corrected chi connectivity index (χ3v) is 9.58. The topological polar surface area (TPSA) is 73.3 Å². The Kier molecular flexibility index (Phi) is 9.06. The van der Waals surface area contributed by atoms with Crippen LogP contribution in [0.5, 0.6) is 0 Å². The van der Waals surface area contributed by atoms with Gasteiger partial charge in [-0.1, -0.05) is 41.9 Å². The Labute approximate surface area is 249 Å². The first-order valence-corrected chi connectivity index (χ1v) is 14.9. The van der Waals surface area contributed by atoms with E-state index in [-0.39, 0.29) is 25.0 Å². The number of carbonyl (C=O) groups excluding carboxylic acids is 2. The number of nitrogens with zero attached hydrogens (tertiary/aromatic N) is 3. The molecule has 42 heavy (non-hydrogen) atoms. The highest BCUT2D eigenvalue weighted by Crippen LogP contribution is 2.42. The van der Waals surface area contributed by atoms with E-state index in [1.807, 2.05) is 12.1 Å². The predicted octanol–water partition coefficient (Wildman–Crippen LogP) is 5.11. The van der Waals surface area contributed by atoms with Crippen molar-refractivity contribution >= 4 is 29.1 Å². The Morgan fingerprint density at radius 1 is 0.952 bits per heavy atom. The van der Waals surface area contributed by atoms with Crippen LogP contribution in [0, 0.1) is 11.8 Å². The normalized spacial score (nSPS) is 22.2. The Morgan fingerprint density at radius 3 is 2.12 bits per heavy atom. The second-order valence-electron chi connectivity index (χ2n) is 11.6. The van der Waals surface area contributed by atoms with Crippen molar-refractivity contribution in [2.45, 2.75) is 49.9 Å². The molecular formula is C31H37ClF3N3O4. The Bertz CT molecular complexity index is 1260. The summed E-state index contributed by atoms with van der Waals surface area (Å²) in [5.74, 6) is -0.739. The number of halogens is 4. The highest BCUT2D eigenvalue weighted by Gasteiger charge is 2.62. The number of anilines is 1. The highest BCUT2D eigenvalue weighted by molar-refractivity contribution is 6.34. The maximum Gasteiger partial charge on any atom is 0.430 e. The lowest BCUT2D eigenvalue weighted by atomic mass is 9.78. The van der Waals surface area contributed by atoms with Crippen molar-refractivity contribution in [1.82, 2.24) is 9.80 Å². The van der Waals surface area contributed by atoms with Gasteiger partial charge in [0.25, 0.3) is 17.4 Å². The smallest absolute Gasteiger partial charge is 0.379 e. The van der Waals surface area contributed by atoms with Gasteiger partial charge >= 0.3 is 6.18 Å². The van der Waals surface area contributed by atoms with Crippen molar-refractivity contribution in [3.63, 3.8) is 0 Å². The highest BCUT2D eigenvalue weighted by atomic mass is 35.5. The van der Waals surface area contributed by atoms with Crippen LogP contribution in [0.1, 0.15) is 48.0 Å². The van der Waals surface area contributed by atoms with E-state index in [2.05, 4.69) is 4.90 Å². The number of ether oxygens (including phenoxy) is 1. The summed E-state index contributed by atoms with van der Waals surface area (Å²) in [5, 5.41) is 11.1. The van der Waals surface area contributed by atoms with Crippen molar-refractivity contribution < 1.29 is 32.6 Å². The Hall–Kier alpha value is -2.82. The minimum Gasteiger partial charge on any atom is -0.379 e. The number of carbonyl (C=O) groups is 2. The molecule has 2 aromatic rings. The lowest BCUT2D eigenvalue weighted by Gasteiger charge is -2.42. The number of hydrogen-bond donors (Lipinski definition) is 1. The molecule has 228 valence electrons. The standard InChI is InChI=1S/C31H37ClF3N3O4/c1-36(25-13-18-42-20-25)28(39)26-8-7-24(19-27(26)32)37-14-9-21(10-15-37)22-11-16-38(17-12-22)29(40)30(41,31(33,34)35)23-5-3-2-4-6-23/h2-8,19,21-22,25,41H,9-18,20H2,1H3/t25?,30-/m1/s1. The Balaban J connectivity index is 1.15. The van der Waals surface area contributed by atoms with Gasteiger partial charge in [0.1, 0.15) is 0 Å². The van der Waals surface area contributed by atoms with Crippen molar-refractivity contribution in [3.05, 3.63) is 64.7 Å². The van der Waals surface area contributed by atoms with Crippen LogP contribution in [0.15, 0.2) is 48.5 Å². The zero-order valence-electron chi connectivity index (χ0n) is 23.7. The van der Waals surface area contributed by atoms with E-state index in [0.29, 0.717) is 48.5 Å². The molecule has 0 bridgehead atoms. The van der Waals surface area contributed by atoms with Crippen molar-refractivity contribution in [1.29, 1.82) is 0 Å². The van der Waals surface area contributed by atoms with Crippen LogP contribution in [0.4, 0.5) is 18.9 Å². The summed E-state index contributed by atoms with van der Waals surface area (Å²) < 4.78 is 47.4. The molecule has 0 radical (unpaired) electrons. The quantitative estimate of drug-likeness (QED) is 0.494. The molecule has 3 fully saturated rings. The molecule has 7 nitrogen and oxygen atoms in total. The van der Waals surface area contributed by atoms with E-state index in [1.54, 1.807) is 24.1 Å². The SMILES string of the molecule is CN(C(=O)c1ccc(N2CCC(C3CCN(C(=O)[C@](O)(c4ccccc4)C(F)(F)F)CC3)CC2)cc1Cl)C1CCOC1. The molecule has 2 amide bonds. The molecule has 0 aromatic heterocycles. The van der Waals surface area contributed by atoms with Gasteiger partial charge in [0.2, 0.25) is 0 Å². The third-order valence-electron chi connectivity index (χ3n) is 9.27. The summed E-state index contributed by atoms with van der Waals surface area (Å²) in [4.78, 5) is 31.1. The van der Waals surface area contributed by atoms with Crippen LogP contribution in [0.25, 0.3) is 0 Å². The van der Waals surface area contributed by atoms with Crippen LogP contribution in [0.2, 0.25) is 5.02 Å². The van der Waals surface area contributed by atoms with Crippen molar-refractivity contribution in [2.75, 3.05) is 51.3 Å². The number of likely N-dealkylation sites (tertiary alicyclic amines) is 1. The molecule has 3 saturated heterocycles. The molecule has 3 aliphatic heterocycles. The molecule has 0 spiro atoms. The number of amides is 2. The average molecular weight is 608 g/mol. The molecule has 1 unspecified atom stereocenters. The number of likely N-dealkylation sites (N-methyl/N-ethyl adjacent to an activating group) is 1. The second-order valence-corrected chi connectivity index (χ2v) is 12.0. The molecule has 3 heterocycles. The fraction of sp³-hybridized carbons (Fsp3) is 0.548. The minimum absolute atomic E-state index is 0.0527. The molecule has 0 saturated carbocycles. The minimum atomic E-state index is -5.13. The summed E-state index contributed by atoms with van der Waals surface area (Å²) in [6.45, 7) is 3.15. The van der Waals surface area contributed by atoms with Crippen LogP contribution < -0.4 is 4.90 Å². The number of piperidine rings is 2. The summed E-state index contributed by atoms with van der Waals surface area (Å²) >= 11 is 6.56. The first-order valence-electron chi connectivity index (χ1n) is 14.5. The largest absolute Gasteiger partial charge is 0.430 e. The van der Waals surface area contributed by atoms with E-state index in [9.17, 15) is 27.9 Å². The molecule has 2 atom stereocenters. The van der Waals surface area contributed by atoms with E-state index in [4.69, 9.17) is 16.3 Å². The number of rotatable bonds is 6. The van der Waals surface area contributed by atoms with Gasteiger partial charge < -0.3 is 24.5 Å². The van der Waals surface area contributed by atoms with Gasteiger partial charge in [0.05, 0.1) is 23.2 Å². The molecule has 0 aliphatic carbocycles. The van der Waals surface area contributed by atoms with Gasteiger partial charge in [-0.2, -0.15) is 13.2 Å². The van der Waals surface area contributed by atoms with E-state index in [0.717, 1.165) is 55.1 Å². The van der Waals surface area contributed by atoms with E-state index < -0.39 is 23.2 Å². The van der Waals surface area contributed by atoms with Gasteiger partial charge in [-0.25, -0.2) is 0 Å². The molecule has 5 rings (SSSR count). The molecule has 1 N–H and O–H groups in total. The molecule has 3 aliphatic rings. The first-order chi connectivity index (χ1) is 20.0. The Morgan fingerprint density at radius 2 is 1.57 bits per heavy atom. The van der Waals surface area contributed by atoms with E-state index in [1.165, 1.54) is 12.1 Å². The van der Waals surface area contributed by atoms with Gasteiger partial charge in [-0.05, 0) is 62.1 Å². The summed E-state index contributed by atoms with van der Waals surface area (Å²) in [6.07, 6.45) is -1.30.